The van der Waals surface area contributed by atoms with Crippen molar-refractivity contribution in [2.24, 2.45) is 9.63 Å². The maximum absolute atomic E-state index is 10.6. The van der Waals surface area contributed by atoms with Crippen LogP contribution in [0.1, 0.15) is 0 Å². The molecular weight excluding hydrogens is 206 g/mol. The van der Waals surface area contributed by atoms with E-state index in [9.17, 15) is 13.6 Å². The second kappa shape index (κ2) is 4.16. The second-order valence-electron chi connectivity index (χ2n) is 2.53. The molecule has 76 valence electrons. The predicted molar refractivity (Wildman–Crippen MR) is 49.7 cm³/mol. The fraction of sp³-hybridized carbons (Fsp3) is 0.143. The van der Waals surface area contributed by atoms with Crippen molar-refractivity contribution in [1.29, 1.82) is 0 Å². The van der Waals surface area contributed by atoms with Crippen LogP contribution in [0, 0.1) is 0 Å². The molecule has 1 rings (SSSR count). The van der Waals surface area contributed by atoms with Crippen molar-refractivity contribution in [2.75, 3.05) is 6.26 Å². The number of allylic oxidation sites excluding steroid dienone is 3. The summed E-state index contributed by atoms with van der Waals surface area (Å²) in [7, 11) is -3.47. The minimum absolute atomic E-state index is 0.333. The summed E-state index contributed by atoms with van der Waals surface area (Å²) in [5.41, 5.74) is 0.333. The van der Waals surface area contributed by atoms with Crippen LogP contribution in [0.4, 0.5) is 0 Å². The summed E-state index contributed by atoms with van der Waals surface area (Å²) in [5.74, 6) is 0. The third-order valence-electron chi connectivity index (χ3n) is 1.26. The second-order valence-corrected chi connectivity index (χ2v) is 4.16. The van der Waals surface area contributed by atoms with Gasteiger partial charge in [0, 0.05) is 6.20 Å². The van der Waals surface area contributed by atoms with E-state index in [1.165, 1.54) is 6.20 Å². The summed E-state index contributed by atoms with van der Waals surface area (Å²) in [5, 5.41) is 13.3. The molecule has 1 aliphatic rings. The molecule has 0 radical (unpaired) electrons. The molecule has 7 heteroatoms. The molecule has 0 aromatic rings. The number of nitrogens with zero attached hydrogens (tertiary/aromatic N) is 3. The summed E-state index contributed by atoms with van der Waals surface area (Å²) in [4.78, 5) is 0. The van der Waals surface area contributed by atoms with E-state index in [0.717, 1.165) is 17.5 Å². The number of hydrogen-bond acceptors (Lipinski definition) is 5. The highest BCUT2D eigenvalue weighted by Crippen LogP contribution is 2.09. The molecule has 1 N–H and O–H groups in total. The average Bonchev–Trinajstić information content (AvgIpc) is 2.06. The standard InChI is InChI=1S/C7H9N3O3S/c1-14(12,13)9-8-6-7-4-2-3-5-10(7)11/h2-6,11H,1H3/b7-6-,9-8?. The zero-order valence-corrected chi connectivity index (χ0v) is 8.22. The molecule has 0 saturated carbocycles. The molecule has 14 heavy (non-hydrogen) atoms. The number of sulfonamides is 1. The molecule has 0 aromatic heterocycles. The molecular formula is C7H9N3O3S. The van der Waals surface area contributed by atoms with Gasteiger partial charge in [0.1, 0.15) is 0 Å². The maximum Gasteiger partial charge on any atom is 0.267 e. The quantitative estimate of drug-likeness (QED) is 0.697. The lowest BCUT2D eigenvalue weighted by Crippen LogP contribution is -2.10. The number of rotatable bonds is 2. The Morgan fingerprint density at radius 2 is 2.21 bits per heavy atom. The first-order chi connectivity index (χ1) is 6.49. The van der Waals surface area contributed by atoms with E-state index in [0.29, 0.717) is 5.70 Å². The first kappa shape index (κ1) is 10.6. The van der Waals surface area contributed by atoms with E-state index in [2.05, 4.69) is 9.63 Å². The lowest BCUT2D eigenvalue weighted by atomic mass is 10.3. The van der Waals surface area contributed by atoms with Crippen LogP contribution < -0.4 is 0 Å². The molecule has 0 bridgehead atoms. The van der Waals surface area contributed by atoms with Gasteiger partial charge >= 0.3 is 0 Å². The molecule has 1 aliphatic heterocycles. The topological polar surface area (TPSA) is 82.3 Å². The summed E-state index contributed by atoms with van der Waals surface area (Å²) in [6.45, 7) is 0. The normalized spacial score (nSPS) is 19.9. The first-order valence-corrected chi connectivity index (χ1v) is 5.49. The lowest BCUT2D eigenvalue weighted by Gasteiger charge is -2.13. The zero-order valence-electron chi connectivity index (χ0n) is 7.40. The van der Waals surface area contributed by atoms with Crippen LogP contribution in [0.2, 0.25) is 0 Å². The summed E-state index contributed by atoms with van der Waals surface area (Å²) < 4.78 is 24.1. The summed E-state index contributed by atoms with van der Waals surface area (Å²) in [6.07, 6.45) is 8.31. The lowest BCUT2D eigenvalue weighted by molar-refractivity contribution is -0.000512. The van der Waals surface area contributed by atoms with Gasteiger partial charge in [-0.05, 0) is 12.2 Å². The Morgan fingerprint density at radius 1 is 1.50 bits per heavy atom. The highest BCUT2D eigenvalue weighted by atomic mass is 32.2. The third-order valence-corrected chi connectivity index (χ3v) is 1.65. The Labute approximate surface area is 81.6 Å². The smallest absolute Gasteiger partial charge is 0.267 e. The van der Waals surface area contributed by atoms with E-state index in [-0.39, 0.29) is 0 Å². The van der Waals surface area contributed by atoms with Gasteiger partial charge in [0.2, 0.25) is 0 Å². The Kier molecular flexibility index (Phi) is 3.15. The van der Waals surface area contributed by atoms with Gasteiger partial charge in [0.05, 0.1) is 18.2 Å². The number of hydroxylamine groups is 2. The van der Waals surface area contributed by atoms with Gasteiger partial charge < -0.3 is 0 Å². The van der Waals surface area contributed by atoms with Gasteiger partial charge in [-0.2, -0.15) is 0 Å². The van der Waals surface area contributed by atoms with Crippen molar-refractivity contribution in [2.45, 2.75) is 0 Å². The fourth-order valence-electron chi connectivity index (χ4n) is 0.718. The van der Waals surface area contributed by atoms with Crippen molar-refractivity contribution in [3.63, 3.8) is 0 Å². The SMILES string of the molecule is CS(=O)(=O)N=N/C=C1/C=CC=CN1O. The molecule has 0 amide bonds. The average molecular weight is 215 g/mol. The van der Waals surface area contributed by atoms with E-state index in [1.807, 2.05) is 0 Å². The van der Waals surface area contributed by atoms with Crippen molar-refractivity contribution in [1.82, 2.24) is 5.06 Å². The third kappa shape index (κ3) is 3.50. The Hall–Kier alpha value is -1.47. The molecule has 0 aliphatic carbocycles. The molecule has 0 fully saturated rings. The van der Waals surface area contributed by atoms with Crippen molar-refractivity contribution in [3.8, 4) is 0 Å². The van der Waals surface area contributed by atoms with Gasteiger partial charge in [-0.3, -0.25) is 5.21 Å². The summed E-state index contributed by atoms with van der Waals surface area (Å²) in [6, 6.07) is 0. The highest BCUT2D eigenvalue weighted by Gasteiger charge is 2.01. The molecule has 6 nitrogen and oxygen atoms in total. The number of hydrogen-bond donors (Lipinski definition) is 1. The van der Waals surface area contributed by atoms with Crippen LogP contribution in [0.3, 0.4) is 0 Å². The Bertz CT molecular complexity index is 419. The van der Waals surface area contributed by atoms with Crippen LogP contribution in [0.15, 0.2) is 46.0 Å². The van der Waals surface area contributed by atoms with Gasteiger partial charge in [-0.25, -0.2) is 13.5 Å². The van der Waals surface area contributed by atoms with Gasteiger partial charge in [0.15, 0.2) is 0 Å². The Balaban J connectivity index is 2.76. The van der Waals surface area contributed by atoms with Crippen LogP contribution >= 0.6 is 0 Å². The molecule has 1 heterocycles. The molecule has 0 aromatic carbocycles. The Morgan fingerprint density at radius 3 is 2.79 bits per heavy atom. The predicted octanol–water partition coefficient (Wildman–Crippen LogP) is 1.01. The van der Waals surface area contributed by atoms with Gasteiger partial charge in [0.25, 0.3) is 10.0 Å². The molecule has 0 spiro atoms. The fourth-order valence-corrected chi connectivity index (χ4v) is 0.937. The van der Waals surface area contributed by atoms with Gasteiger partial charge in [-0.1, -0.05) is 10.6 Å². The van der Waals surface area contributed by atoms with Crippen LogP contribution in [0.25, 0.3) is 0 Å². The minimum Gasteiger partial charge on any atom is -0.284 e. The zero-order chi connectivity index (χ0) is 10.6. The van der Waals surface area contributed by atoms with E-state index >= 15 is 0 Å². The highest BCUT2D eigenvalue weighted by molar-refractivity contribution is 7.89. The maximum atomic E-state index is 10.6. The molecule has 0 saturated heterocycles. The van der Waals surface area contributed by atoms with E-state index in [4.69, 9.17) is 0 Å². The first-order valence-electron chi connectivity index (χ1n) is 3.64. The van der Waals surface area contributed by atoms with E-state index < -0.39 is 10.0 Å². The molecule has 0 unspecified atom stereocenters. The van der Waals surface area contributed by atoms with Crippen molar-refractivity contribution >= 4 is 10.0 Å². The molecule has 0 atom stereocenters. The summed E-state index contributed by atoms with van der Waals surface area (Å²) >= 11 is 0. The largest absolute Gasteiger partial charge is 0.284 e. The van der Waals surface area contributed by atoms with Crippen LogP contribution in [0.5, 0.6) is 0 Å². The van der Waals surface area contributed by atoms with Gasteiger partial charge in [-0.15, -0.1) is 5.11 Å². The van der Waals surface area contributed by atoms with Crippen molar-refractivity contribution in [3.05, 3.63) is 36.3 Å². The van der Waals surface area contributed by atoms with Crippen LogP contribution in [-0.4, -0.2) is 24.9 Å². The monoisotopic (exact) mass is 215 g/mol. The van der Waals surface area contributed by atoms with E-state index in [1.54, 1.807) is 18.2 Å². The van der Waals surface area contributed by atoms with Crippen LogP contribution in [-0.2, 0) is 10.0 Å². The minimum atomic E-state index is -3.47. The van der Waals surface area contributed by atoms with Crippen molar-refractivity contribution < 1.29 is 13.6 Å².